The molecule has 1 aliphatic carbocycles. The molecule has 2 unspecified atom stereocenters. The molecule has 2 atom stereocenters. The van der Waals surface area contributed by atoms with Crippen LogP contribution >= 0.6 is 34.3 Å². The highest BCUT2D eigenvalue weighted by atomic mass is 35.5. The molecular weight excluding hydrogens is 340 g/mol. The largest absolute Gasteiger partial charge is 0.469 e. The molecule has 7 heteroatoms. The van der Waals surface area contributed by atoms with Gasteiger partial charge in [-0.1, -0.05) is 11.6 Å². The van der Waals surface area contributed by atoms with Gasteiger partial charge in [-0.25, -0.2) is 4.98 Å². The Hall–Kier alpha value is -1.63. The van der Waals surface area contributed by atoms with Crippen molar-refractivity contribution in [3.05, 3.63) is 46.0 Å². The second kappa shape index (κ2) is 5.53. The highest BCUT2D eigenvalue weighted by Crippen LogP contribution is 2.48. The number of carbonyl (C=O) groups is 1. The third-order valence-corrected chi connectivity index (χ3v) is 5.61. The number of anilines is 1. The maximum Gasteiger partial charge on any atom is 0.230 e. The number of aromatic nitrogens is 1. The molecule has 112 valence electrons. The summed E-state index contributed by atoms with van der Waals surface area (Å²) in [5.74, 6) is 1.07. The molecule has 0 saturated heterocycles. The van der Waals surface area contributed by atoms with Crippen LogP contribution in [-0.2, 0) is 4.79 Å². The van der Waals surface area contributed by atoms with Crippen LogP contribution in [0.3, 0.4) is 0 Å². The predicted molar refractivity (Wildman–Crippen MR) is 88.6 cm³/mol. The molecule has 1 aliphatic rings. The first-order chi connectivity index (χ1) is 10.7. The number of amides is 1. The number of nitrogens with zero attached hydrogens (tertiary/aromatic N) is 1. The average molecular weight is 351 g/mol. The lowest BCUT2D eigenvalue weighted by molar-refractivity contribution is -0.117. The Bertz CT molecular complexity index is 809. The summed E-state index contributed by atoms with van der Waals surface area (Å²) in [6.45, 7) is 0. The molecule has 4 nitrogen and oxygen atoms in total. The van der Waals surface area contributed by atoms with Crippen LogP contribution in [-0.4, -0.2) is 10.9 Å². The third-order valence-electron chi connectivity index (χ3n) is 3.60. The van der Waals surface area contributed by atoms with Gasteiger partial charge >= 0.3 is 0 Å². The Morgan fingerprint density at radius 2 is 2.32 bits per heavy atom. The highest BCUT2D eigenvalue weighted by molar-refractivity contribution is 7.20. The molecule has 1 N–H and O–H groups in total. The van der Waals surface area contributed by atoms with Crippen molar-refractivity contribution in [1.82, 2.24) is 4.98 Å². The van der Waals surface area contributed by atoms with Crippen molar-refractivity contribution < 1.29 is 9.21 Å². The number of hydrogen-bond donors (Lipinski definition) is 1. The summed E-state index contributed by atoms with van der Waals surface area (Å²) in [6, 6.07) is 7.54. The van der Waals surface area contributed by atoms with E-state index in [0.717, 1.165) is 27.1 Å². The third kappa shape index (κ3) is 2.69. The number of nitrogens with one attached hydrogen (secondary N) is 1. The van der Waals surface area contributed by atoms with Crippen molar-refractivity contribution in [2.45, 2.75) is 12.3 Å². The van der Waals surface area contributed by atoms with Crippen molar-refractivity contribution >= 4 is 45.3 Å². The maximum atomic E-state index is 12.2. The van der Waals surface area contributed by atoms with Crippen LogP contribution in [0, 0.1) is 5.92 Å². The molecule has 3 aromatic rings. The van der Waals surface area contributed by atoms with Crippen LogP contribution in [0.2, 0.25) is 4.34 Å². The van der Waals surface area contributed by atoms with E-state index in [4.69, 9.17) is 16.0 Å². The Labute approximate surface area is 139 Å². The SMILES string of the molecule is O=C(Nc1nc(-c2ccc(Cl)s2)cs1)C1CC1c1ccco1. The minimum absolute atomic E-state index is 0.00603. The fraction of sp³-hybridized carbons (Fsp3) is 0.200. The number of furan rings is 1. The zero-order chi connectivity index (χ0) is 15.1. The number of carbonyl (C=O) groups excluding carboxylic acids is 1. The van der Waals surface area contributed by atoms with E-state index in [-0.39, 0.29) is 17.7 Å². The second-order valence-corrected chi connectivity index (χ2v) is 7.67. The van der Waals surface area contributed by atoms with Gasteiger partial charge in [-0.2, -0.15) is 0 Å². The smallest absolute Gasteiger partial charge is 0.230 e. The fourth-order valence-corrected chi connectivity index (χ4v) is 4.19. The number of thiophene rings is 1. The Balaban J connectivity index is 1.42. The quantitative estimate of drug-likeness (QED) is 0.731. The van der Waals surface area contributed by atoms with Crippen molar-refractivity contribution in [3.8, 4) is 10.6 Å². The zero-order valence-electron chi connectivity index (χ0n) is 11.3. The first-order valence-corrected chi connectivity index (χ1v) is 8.83. The molecule has 0 bridgehead atoms. The van der Waals surface area contributed by atoms with Gasteiger partial charge in [-0.05, 0) is 30.7 Å². The average Bonchev–Trinajstić information content (AvgIpc) is 2.94. The van der Waals surface area contributed by atoms with Gasteiger partial charge in [0, 0.05) is 17.2 Å². The normalized spacial score (nSPS) is 20.0. The van der Waals surface area contributed by atoms with Crippen LogP contribution in [0.25, 0.3) is 10.6 Å². The molecule has 0 aromatic carbocycles. The van der Waals surface area contributed by atoms with E-state index in [1.165, 1.54) is 22.7 Å². The summed E-state index contributed by atoms with van der Waals surface area (Å²) >= 11 is 8.83. The van der Waals surface area contributed by atoms with Crippen molar-refractivity contribution in [2.75, 3.05) is 5.32 Å². The lowest BCUT2D eigenvalue weighted by Crippen LogP contribution is -2.14. The first-order valence-electron chi connectivity index (χ1n) is 6.76. The summed E-state index contributed by atoms with van der Waals surface area (Å²) in [5.41, 5.74) is 0.843. The lowest BCUT2D eigenvalue weighted by atomic mass is 10.2. The van der Waals surface area contributed by atoms with Gasteiger partial charge in [-0.3, -0.25) is 4.79 Å². The number of thiazole rings is 1. The summed E-state index contributed by atoms with van der Waals surface area (Å²) < 4.78 is 6.08. The summed E-state index contributed by atoms with van der Waals surface area (Å²) in [5, 5.41) is 5.44. The molecule has 1 saturated carbocycles. The first kappa shape index (κ1) is 14.0. The Morgan fingerprint density at radius 3 is 3.05 bits per heavy atom. The summed E-state index contributed by atoms with van der Waals surface area (Å²) in [4.78, 5) is 17.7. The van der Waals surface area contributed by atoms with E-state index in [1.807, 2.05) is 29.6 Å². The summed E-state index contributed by atoms with van der Waals surface area (Å²) in [7, 11) is 0. The molecule has 0 spiro atoms. The molecule has 4 rings (SSSR count). The van der Waals surface area contributed by atoms with Crippen LogP contribution in [0.4, 0.5) is 5.13 Å². The van der Waals surface area contributed by atoms with Gasteiger partial charge in [0.2, 0.25) is 5.91 Å². The van der Waals surface area contributed by atoms with E-state index in [1.54, 1.807) is 6.26 Å². The number of hydrogen-bond acceptors (Lipinski definition) is 5. The minimum Gasteiger partial charge on any atom is -0.469 e. The number of rotatable bonds is 4. The number of halogens is 1. The van der Waals surface area contributed by atoms with Gasteiger partial charge in [0.15, 0.2) is 5.13 Å². The maximum absolute atomic E-state index is 12.2. The van der Waals surface area contributed by atoms with Crippen LogP contribution in [0.15, 0.2) is 40.3 Å². The molecule has 0 aliphatic heterocycles. The second-order valence-electron chi connectivity index (χ2n) is 5.10. The van der Waals surface area contributed by atoms with E-state index in [0.29, 0.717) is 5.13 Å². The fourth-order valence-electron chi connectivity index (χ4n) is 2.40. The topological polar surface area (TPSA) is 55.1 Å². The van der Waals surface area contributed by atoms with E-state index in [2.05, 4.69) is 10.3 Å². The molecule has 3 aromatic heterocycles. The van der Waals surface area contributed by atoms with E-state index in [9.17, 15) is 4.79 Å². The molecular formula is C15H11ClN2O2S2. The van der Waals surface area contributed by atoms with Crippen LogP contribution < -0.4 is 5.32 Å². The lowest BCUT2D eigenvalue weighted by Gasteiger charge is -1.99. The Morgan fingerprint density at radius 1 is 1.41 bits per heavy atom. The highest BCUT2D eigenvalue weighted by Gasteiger charge is 2.46. The van der Waals surface area contributed by atoms with Crippen molar-refractivity contribution in [2.24, 2.45) is 5.92 Å². The van der Waals surface area contributed by atoms with Crippen LogP contribution in [0.1, 0.15) is 18.1 Å². The summed E-state index contributed by atoms with van der Waals surface area (Å²) in [6.07, 6.45) is 2.47. The standard InChI is InChI=1S/C15H11ClN2O2S2/c16-13-4-3-12(22-13)10-7-21-15(17-10)18-14(19)9-6-8(9)11-2-1-5-20-11/h1-5,7-9H,6H2,(H,17,18,19). The van der Waals surface area contributed by atoms with Gasteiger partial charge in [0.25, 0.3) is 0 Å². The van der Waals surface area contributed by atoms with Gasteiger partial charge < -0.3 is 9.73 Å². The van der Waals surface area contributed by atoms with Gasteiger partial charge in [0.05, 0.1) is 21.2 Å². The molecule has 3 heterocycles. The molecule has 0 radical (unpaired) electrons. The van der Waals surface area contributed by atoms with E-state index >= 15 is 0 Å². The molecule has 1 amide bonds. The van der Waals surface area contributed by atoms with E-state index < -0.39 is 0 Å². The predicted octanol–water partition coefficient (Wildman–Crippen LogP) is 4.86. The van der Waals surface area contributed by atoms with Crippen molar-refractivity contribution in [1.29, 1.82) is 0 Å². The monoisotopic (exact) mass is 350 g/mol. The van der Waals surface area contributed by atoms with Gasteiger partial charge in [0.1, 0.15) is 5.76 Å². The zero-order valence-corrected chi connectivity index (χ0v) is 13.7. The van der Waals surface area contributed by atoms with Crippen molar-refractivity contribution in [3.63, 3.8) is 0 Å². The Kier molecular flexibility index (Phi) is 3.52. The minimum atomic E-state index is -0.0188. The molecule has 1 fully saturated rings. The molecule has 22 heavy (non-hydrogen) atoms. The van der Waals surface area contributed by atoms with Gasteiger partial charge in [-0.15, -0.1) is 22.7 Å². The van der Waals surface area contributed by atoms with Crippen LogP contribution in [0.5, 0.6) is 0 Å².